The lowest BCUT2D eigenvalue weighted by Crippen LogP contribution is -2.35. The second kappa shape index (κ2) is 6.33. The van der Waals surface area contributed by atoms with Crippen molar-refractivity contribution >= 4 is 26.8 Å². The van der Waals surface area contributed by atoms with Crippen molar-refractivity contribution in [2.45, 2.75) is 30.7 Å². The largest absolute Gasteiger partial charge is 0.368 e. The fourth-order valence-corrected chi connectivity index (χ4v) is 4.46. The number of benzene rings is 1. The van der Waals surface area contributed by atoms with Gasteiger partial charge in [0.25, 0.3) is 0 Å². The quantitative estimate of drug-likeness (QED) is 0.837. The maximum atomic E-state index is 12.7. The average Bonchev–Trinajstić information content (AvgIpc) is 2.57. The molecule has 1 aliphatic rings. The van der Waals surface area contributed by atoms with Gasteiger partial charge in [0.2, 0.25) is 15.9 Å². The van der Waals surface area contributed by atoms with Gasteiger partial charge in [0.15, 0.2) is 0 Å². The van der Waals surface area contributed by atoms with Crippen LogP contribution >= 0.6 is 0 Å². The van der Waals surface area contributed by atoms with Gasteiger partial charge >= 0.3 is 5.69 Å². The summed E-state index contributed by atoms with van der Waals surface area (Å²) in [4.78, 5) is 26.8. The number of rotatable bonds is 4. The lowest BCUT2D eigenvalue weighted by molar-refractivity contribution is -0.118. The predicted molar refractivity (Wildman–Crippen MR) is 87.8 cm³/mol. The Kier molecular flexibility index (Phi) is 4.37. The van der Waals surface area contributed by atoms with Crippen molar-refractivity contribution in [1.82, 2.24) is 13.9 Å². The van der Waals surface area contributed by atoms with Crippen LogP contribution in [0, 0.1) is 0 Å². The van der Waals surface area contributed by atoms with Gasteiger partial charge in [0, 0.05) is 24.7 Å². The van der Waals surface area contributed by atoms with E-state index in [1.54, 1.807) is 0 Å². The summed E-state index contributed by atoms with van der Waals surface area (Å²) in [5.41, 5.74) is 4.97. The van der Waals surface area contributed by atoms with Crippen molar-refractivity contribution < 1.29 is 13.2 Å². The van der Waals surface area contributed by atoms with E-state index in [0.29, 0.717) is 24.0 Å². The molecule has 1 aromatic heterocycles. The number of carbonyl (C=O) groups is 1. The highest BCUT2D eigenvalue weighted by molar-refractivity contribution is 7.89. The summed E-state index contributed by atoms with van der Waals surface area (Å²) in [7, 11) is -3.57. The normalized spacial score (nSPS) is 16.3. The molecule has 0 spiro atoms. The molecule has 128 valence electrons. The maximum absolute atomic E-state index is 12.7. The Morgan fingerprint density at radius 2 is 1.92 bits per heavy atom. The zero-order valence-electron chi connectivity index (χ0n) is 13.0. The number of carbonyl (C=O) groups excluding carboxylic acids is 1. The molecule has 0 bridgehead atoms. The lowest BCUT2D eigenvalue weighted by Gasteiger charge is -2.26. The van der Waals surface area contributed by atoms with E-state index in [1.807, 2.05) is 0 Å². The number of amides is 1. The molecule has 0 radical (unpaired) electrons. The highest BCUT2D eigenvalue weighted by atomic mass is 32.2. The minimum atomic E-state index is -3.57. The Morgan fingerprint density at radius 3 is 2.58 bits per heavy atom. The summed E-state index contributed by atoms with van der Waals surface area (Å²) < 4.78 is 28.1. The van der Waals surface area contributed by atoms with Crippen LogP contribution in [0.1, 0.15) is 19.3 Å². The number of piperidine rings is 1. The zero-order chi connectivity index (χ0) is 17.3. The molecule has 1 saturated heterocycles. The van der Waals surface area contributed by atoms with Gasteiger partial charge in [-0.2, -0.15) is 4.31 Å². The number of hydrogen-bond acceptors (Lipinski definition) is 5. The van der Waals surface area contributed by atoms with Gasteiger partial charge in [0.1, 0.15) is 6.54 Å². The third kappa shape index (κ3) is 3.04. The number of primary amides is 1. The van der Waals surface area contributed by atoms with Crippen LogP contribution in [0.3, 0.4) is 0 Å². The first-order valence-corrected chi connectivity index (χ1v) is 9.11. The minimum Gasteiger partial charge on any atom is -0.368 e. The van der Waals surface area contributed by atoms with Crippen molar-refractivity contribution in [3.63, 3.8) is 0 Å². The van der Waals surface area contributed by atoms with E-state index in [4.69, 9.17) is 5.73 Å². The number of aromatic nitrogens is 2. The van der Waals surface area contributed by atoms with Crippen LogP contribution in [-0.2, 0) is 21.4 Å². The van der Waals surface area contributed by atoms with Crippen molar-refractivity contribution in [2.24, 2.45) is 5.73 Å². The summed E-state index contributed by atoms with van der Waals surface area (Å²) in [6.07, 6.45) is 4.05. The van der Waals surface area contributed by atoms with Gasteiger partial charge in [-0.05, 0) is 31.0 Å². The zero-order valence-corrected chi connectivity index (χ0v) is 13.8. The molecule has 0 atom stereocenters. The Morgan fingerprint density at radius 1 is 1.21 bits per heavy atom. The van der Waals surface area contributed by atoms with E-state index in [1.165, 1.54) is 28.7 Å². The van der Waals surface area contributed by atoms with Crippen LogP contribution in [-0.4, -0.2) is 41.3 Å². The maximum Gasteiger partial charge on any atom is 0.348 e. The third-order valence-electron chi connectivity index (χ3n) is 4.10. The van der Waals surface area contributed by atoms with E-state index in [-0.39, 0.29) is 11.4 Å². The van der Waals surface area contributed by atoms with Crippen molar-refractivity contribution in [3.05, 3.63) is 34.9 Å². The van der Waals surface area contributed by atoms with Gasteiger partial charge in [-0.25, -0.2) is 18.2 Å². The van der Waals surface area contributed by atoms with E-state index in [2.05, 4.69) is 4.98 Å². The fourth-order valence-electron chi connectivity index (χ4n) is 2.90. The molecule has 3 rings (SSSR count). The lowest BCUT2D eigenvalue weighted by atomic mass is 10.2. The van der Waals surface area contributed by atoms with E-state index >= 15 is 0 Å². The van der Waals surface area contributed by atoms with Crippen molar-refractivity contribution in [3.8, 4) is 0 Å². The molecule has 1 amide bonds. The minimum absolute atomic E-state index is 0.156. The molecule has 1 aromatic carbocycles. The van der Waals surface area contributed by atoms with Gasteiger partial charge in [0.05, 0.1) is 10.4 Å². The van der Waals surface area contributed by atoms with Crippen LogP contribution in [0.25, 0.3) is 10.9 Å². The molecule has 0 saturated carbocycles. The highest BCUT2D eigenvalue weighted by Gasteiger charge is 2.26. The van der Waals surface area contributed by atoms with Gasteiger partial charge in [-0.1, -0.05) is 6.42 Å². The first-order valence-electron chi connectivity index (χ1n) is 7.67. The Hall–Kier alpha value is -2.26. The first-order chi connectivity index (χ1) is 11.4. The predicted octanol–water partition coefficient (Wildman–Crippen LogP) is 0.0564. The Bertz CT molecular complexity index is 946. The molecular weight excluding hydrogens is 332 g/mol. The Balaban J connectivity index is 2.07. The van der Waals surface area contributed by atoms with E-state index in [0.717, 1.165) is 23.8 Å². The third-order valence-corrected chi connectivity index (χ3v) is 6.00. The molecular formula is C15H18N4O4S. The van der Waals surface area contributed by atoms with Crippen molar-refractivity contribution in [2.75, 3.05) is 13.1 Å². The SMILES string of the molecule is NC(=O)Cn1c(=O)ncc2cc(S(=O)(=O)N3CCCCC3)ccc21. The number of nitrogens with zero attached hydrogens (tertiary/aromatic N) is 3. The fraction of sp³-hybridized carbons (Fsp3) is 0.400. The Labute approximate surface area is 138 Å². The summed E-state index contributed by atoms with van der Waals surface area (Å²) in [5, 5.41) is 0.467. The standard InChI is InChI=1S/C15H18N4O4S/c16-14(20)10-19-13-5-4-12(8-11(13)9-17-15(19)21)24(22,23)18-6-2-1-3-7-18/h4-5,8-9H,1-3,6-7,10H2,(H2,16,20). The highest BCUT2D eigenvalue weighted by Crippen LogP contribution is 2.23. The summed E-state index contributed by atoms with van der Waals surface area (Å²) in [6.45, 7) is 0.723. The number of hydrogen-bond donors (Lipinski definition) is 1. The molecule has 9 heteroatoms. The summed E-state index contributed by atoms with van der Waals surface area (Å²) in [6, 6.07) is 4.44. The second-order valence-corrected chi connectivity index (χ2v) is 7.72. The molecule has 1 aliphatic heterocycles. The van der Waals surface area contributed by atoms with Crippen LogP contribution in [0.15, 0.2) is 34.1 Å². The van der Waals surface area contributed by atoms with Crippen molar-refractivity contribution in [1.29, 1.82) is 0 Å². The number of fused-ring (bicyclic) bond motifs is 1. The molecule has 0 unspecified atom stereocenters. The van der Waals surface area contributed by atoms with Gasteiger partial charge < -0.3 is 5.73 Å². The van der Waals surface area contributed by atoms with E-state index in [9.17, 15) is 18.0 Å². The second-order valence-electron chi connectivity index (χ2n) is 5.78. The number of nitrogens with two attached hydrogens (primary N) is 1. The molecule has 1 fully saturated rings. The average molecular weight is 350 g/mol. The molecule has 2 N–H and O–H groups in total. The van der Waals surface area contributed by atoms with Crippen LogP contribution in [0.4, 0.5) is 0 Å². The van der Waals surface area contributed by atoms with Gasteiger partial charge in [-0.3, -0.25) is 9.36 Å². The smallest absolute Gasteiger partial charge is 0.348 e. The molecule has 8 nitrogen and oxygen atoms in total. The first kappa shape index (κ1) is 16.6. The number of sulfonamides is 1. The summed E-state index contributed by atoms with van der Waals surface area (Å²) >= 11 is 0. The van der Waals surface area contributed by atoms with Gasteiger partial charge in [-0.15, -0.1) is 0 Å². The molecule has 2 heterocycles. The van der Waals surface area contributed by atoms with Crippen LogP contribution in [0.2, 0.25) is 0 Å². The monoisotopic (exact) mass is 350 g/mol. The molecule has 0 aliphatic carbocycles. The van der Waals surface area contributed by atoms with Crippen LogP contribution in [0.5, 0.6) is 0 Å². The summed E-state index contributed by atoms with van der Waals surface area (Å²) in [5.74, 6) is -0.670. The molecule has 2 aromatic rings. The topological polar surface area (TPSA) is 115 Å². The van der Waals surface area contributed by atoms with Crippen LogP contribution < -0.4 is 11.4 Å². The molecule has 24 heavy (non-hydrogen) atoms. The van der Waals surface area contributed by atoms with E-state index < -0.39 is 21.6 Å².